The van der Waals surface area contributed by atoms with E-state index in [0.29, 0.717) is 27.7 Å². The highest BCUT2D eigenvalue weighted by molar-refractivity contribution is 7.73. The molecule has 2 aliphatic rings. The highest BCUT2D eigenvalue weighted by atomic mass is 32.1. The van der Waals surface area contributed by atoms with Gasteiger partial charge in [-0.15, -0.1) is 11.3 Å². The summed E-state index contributed by atoms with van der Waals surface area (Å²) in [5.74, 6) is -0.741. The third-order valence-electron chi connectivity index (χ3n) is 7.96. The summed E-state index contributed by atoms with van der Waals surface area (Å²) in [6.07, 6.45) is 5.46. The van der Waals surface area contributed by atoms with Crippen molar-refractivity contribution in [2.45, 2.75) is 58.2 Å². The first-order chi connectivity index (χ1) is 20.8. The number of hydrogen-bond donors (Lipinski definition) is 2. The highest BCUT2D eigenvalue weighted by Crippen LogP contribution is 2.52. The number of para-hydroxylation sites is 1. The van der Waals surface area contributed by atoms with Gasteiger partial charge in [0.05, 0.1) is 11.1 Å². The molecule has 2 atom stereocenters. The van der Waals surface area contributed by atoms with E-state index in [1.54, 1.807) is 11.5 Å². The highest BCUT2D eigenvalue weighted by Gasteiger charge is 2.42. The van der Waals surface area contributed by atoms with Gasteiger partial charge < -0.3 is 19.8 Å². The Morgan fingerprint density at radius 2 is 1.93 bits per heavy atom. The zero-order valence-electron chi connectivity index (χ0n) is 23.8. The molecule has 2 aromatic heterocycles. The maximum atomic E-state index is 13.5. The second kappa shape index (κ2) is 12.0. The third kappa shape index (κ3) is 5.38. The van der Waals surface area contributed by atoms with Crippen LogP contribution >= 0.6 is 34.9 Å². The first-order valence-corrected chi connectivity index (χ1v) is 16.3. The molecular weight excluding hydrogens is 603 g/mol. The molecule has 8 nitrogen and oxygen atoms in total. The van der Waals surface area contributed by atoms with Crippen LogP contribution in [0.5, 0.6) is 5.88 Å². The van der Waals surface area contributed by atoms with Crippen molar-refractivity contribution in [3.05, 3.63) is 88.0 Å². The largest absolute Gasteiger partial charge is 0.493 e. The minimum atomic E-state index is -1.12. The molecule has 2 aromatic carbocycles. The lowest BCUT2D eigenvalue weighted by Gasteiger charge is -2.27. The van der Waals surface area contributed by atoms with E-state index in [0.717, 1.165) is 34.3 Å². The maximum absolute atomic E-state index is 13.5. The van der Waals surface area contributed by atoms with Crippen molar-refractivity contribution in [2.24, 2.45) is 0 Å². The predicted molar refractivity (Wildman–Crippen MR) is 173 cm³/mol. The Balaban J connectivity index is 1.47. The number of aromatic nitrogens is 2. The number of rotatable bonds is 8. The van der Waals surface area contributed by atoms with Gasteiger partial charge in [0, 0.05) is 29.9 Å². The van der Waals surface area contributed by atoms with Crippen molar-refractivity contribution in [3.63, 3.8) is 0 Å². The molecule has 43 heavy (non-hydrogen) atoms. The summed E-state index contributed by atoms with van der Waals surface area (Å²) in [5.41, 5.74) is 7.82. The smallest absolute Gasteiger partial charge is 0.323 e. The fourth-order valence-electron chi connectivity index (χ4n) is 6.16. The Morgan fingerprint density at radius 1 is 1.14 bits per heavy atom. The molecule has 222 valence electrons. The number of carbonyl (C=O) groups is 1. The van der Waals surface area contributed by atoms with Gasteiger partial charge >= 0.3 is 5.97 Å². The van der Waals surface area contributed by atoms with Gasteiger partial charge in [0.2, 0.25) is 5.88 Å². The monoisotopic (exact) mass is 633 g/mol. The zero-order valence-corrected chi connectivity index (χ0v) is 26.2. The number of hydrogen-bond acceptors (Lipinski definition) is 8. The number of anilines is 2. The summed E-state index contributed by atoms with van der Waals surface area (Å²) in [6, 6.07) is 17.5. The molecule has 0 bridgehead atoms. The van der Waals surface area contributed by atoms with E-state index in [1.165, 1.54) is 34.7 Å². The Morgan fingerprint density at radius 3 is 2.65 bits per heavy atom. The Hall–Kier alpha value is -3.89. The fraction of sp³-hybridized carbons (Fsp3) is 0.312. The van der Waals surface area contributed by atoms with Crippen LogP contribution in [0.15, 0.2) is 53.3 Å². The van der Waals surface area contributed by atoms with E-state index in [9.17, 15) is 19.8 Å². The lowest BCUT2D eigenvalue weighted by molar-refractivity contribution is -0.137. The van der Waals surface area contributed by atoms with Crippen LogP contribution in [0.4, 0.5) is 11.4 Å². The Labute approximate surface area is 261 Å². The number of fused-ring (bicyclic) bond motifs is 3. The second-order valence-electron chi connectivity index (χ2n) is 10.5. The van der Waals surface area contributed by atoms with E-state index >= 15 is 0 Å². The molecule has 0 spiro atoms. The Kier molecular flexibility index (Phi) is 8.15. The van der Waals surface area contributed by atoms with Crippen LogP contribution in [0, 0.1) is 3.95 Å². The van der Waals surface area contributed by atoms with E-state index in [2.05, 4.69) is 53.1 Å². The van der Waals surface area contributed by atoms with Gasteiger partial charge in [0.15, 0.2) is 9.71 Å². The van der Waals surface area contributed by atoms with Crippen LogP contribution in [-0.4, -0.2) is 38.0 Å². The van der Waals surface area contributed by atoms with Crippen LogP contribution in [-0.2, 0) is 22.6 Å². The van der Waals surface area contributed by atoms with Gasteiger partial charge in [-0.1, -0.05) is 42.0 Å². The zero-order chi connectivity index (χ0) is 30.2. The van der Waals surface area contributed by atoms with Crippen molar-refractivity contribution in [3.8, 4) is 5.88 Å². The molecule has 0 saturated heterocycles. The molecule has 1 fully saturated rings. The topological polar surface area (TPSA) is 96.9 Å². The lowest BCUT2D eigenvalue weighted by Crippen LogP contribution is -2.30. The maximum Gasteiger partial charge on any atom is 0.323 e. The number of aromatic hydroxyl groups is 1. The van der Waals surface area contributed by atoms with E-state index in [-0.39, 0.29) is 32.6 Å². The molecule has 0 amide bonds. The number of carboxylic acid groups (broad SMARTS) is 1. The molecule has 0 radical (unpaired) electrons. The van der Waals surface area contributed by atoms with Crippen molar-refractivity contribution >= 4 is 69.8 Å². The number of nitrogens with zero attached hydrogens (tertiary/aromatic N) is 3. The molecule has 2 N–H and O–H groups in total. The first-order valence-electron chi connectivity index (χ1n) is 14.3. The van der Waals surface area contributed by atoms with Crippen LogP contribution in [0.25, 0.3) is 17.6 Å². The standard InChI is InChI=1S/C32H31N3O5S3/c1-3-33-27(17-25(40-4-2)29-31(39)34(18-28(36)37)32(41)43-29)42-26(30(33)38)16-19-13-14-24-22(15-19)21-11-8-12-23(21)35(24)20-9-6-5-7-10-20/h5-7,9-10,13-16,21,23,39H,3-4,8,11-12,18H2,1-2H3,(H,36,37). The van der Waals surface area contributed by atoms with Crippen molar-refractivity contribution in [1.82, 2.24) is 9.13 Å². The van der Waals surface area contributed by atoms with Crippen LogP contribution in [0.1, 0.15) is 55.0 Å². The molecule has 3 heterocycles. The van der Waals surface area contributed by atoms with E-state index < -0.39 is 12.5 Å². The van der Waals surface area contributed by atoms with Crippen LogP contribution < -0.4 is 19.7 Å². The van der Waals surface area contributed by atoms with E-state index in [4.69, 9.17) is 17.0 Å². The molecule has 11 heteroatoms. The predicted octanol–water partition coefficient (Wildman–Crippen LogP) is 5.39. The van der Waals surface area contributed by atoms with Gasteiger partial charge in [-0.05, 0) is 86.1 Å². The number of carboxylic acids is 1. The first kappa shape index (κ1) is 29.2. The number of benzene rings is 2. The van der Waals surface area contributed by atoms with Gasteiger partial charge in [0.1, 0.15) is 16.1 Å². The van der Waals surface area contributed by atoms with E-state index in [1.807, 2.05) is 19.1 Å². The molecule has 6 rings (SSSR count). The number of ether oxygens (including phenoxy) is 1. The minimum absolute atomic E-state index is 0.128. The molecular formula is C32H31N3O5S3. The second-order valence-corrected chi connectivity index (χ2v) is 13.2. The SMILES string of the molecule is CCOC(=C=c1sc(=Cc2ccc3c(c2)C2CCCC2N3c2ccccc2)c(=O)n1CC)c1sc(=S)n(CC(=O)O)c1O. The van der Waals surface area contributed by atoms with Crippen molar-refractivity contribution in [1.29, 1.82) is 0 Å². The molecule has 1 aliphatic carbocycles. The Bertz CT molecular complexity index is 1980. The average molecular weight is 634 g/mol. The summed E-state index contributed by atoms with van der Waals surface area (Å²) in [4.78, 5) is 27.5. The van der Waals surface area contributed by atoms with Gasteiger partial charge in [-0.25, -0.2) is 0 Å². The normalized spacial score (nSPS) is 17.5. The van der Waals surface area contributed by atoms with Crippen LogP contribution in [0.2, 0.25) is 0 Å². The fourth-order valence-corrected chi connectivity index (χ4v) is 8.47. The van der Waals surface area contributed by atoms with Gasteiger partial charge in [-0.2, -0.15) is 0 Å². The van der Waals surface area contributed by atoms with Gasteiger partial charge in [-0.3, -0.25) is 18.7 Å². The summed E-state index contributed by atoms with van der Waals surface area (Å²) < 4.78 is 9.89. The summed E-state index contributed by atoms with van der Waals surface area (Å²) >= 11 is 7.63. The summed E-state index contributed by atoms with van der Waals surface area (Å²) in [6.45, 7) is 3.93. The lowest BCUT2D eigenvalue weighted by atomic mass is 9.96. The minimum Gasteiger partial charge on any atom is -0.493 e. The number of thiazole rings is 2. The number of aliphatic carboxylic acids is 1. The average Bonchev–Trinajstić information content (AvgIpc) is 3.72. The summed E-state index contributed by atoms with van der Waals surface area (Å²) in [7, 11) is 0. The van der Waals surface area contributed by atoms with Crippen molar-refractivity contribution < 1.29 is 19.7 Å². The van der Waals surface area contributed by atoms with Crippen LogP contribution in [0.3, 0.4) is 0 Å². The summed E-state index contributed by atoms with van der Waals surface area (Å²) in [5, 5.41) is 20.0. The molecule has 1 aliphatic heterocycles. The third-order valence-corrected chi connectivity index (χ3v) is 10.4. The molecule has 2 unspecified atom stereocenters. The van der Waals surface area contributed by atoms with Gasteiger partial charge in [0.25, 0.3) is 5.56 Å². The van der Waals surface area contributed by atoms with Crippen molar-refractivity contribution in [2.75, 3.05) is 11.5 Å². The molecule has 4 aromatic rings. The molecule has 1 saturated carbocycles. The quantitative estimate of drug-likeness (QED) is 0.199.